The molecule has 170 valence electrons. The Morgan fingerprint density at radius 1 is 1.16 bits per heavy atom. The molecule has 0 aliphatic heterocycles. The zero-order valence-electron chi connectivity index (χ0n) is 19.2. The van der Waals surface area contributed by atoms with Crippen LogP contribution >= 0.6 is 11.6 Å². The van der Waals surface area contributed by atoms with Crippen molar-refractivity contribution in [3.8, 4) is 5.69 Å². The number of benzene rings is 1. The second kappa shape index (κ2) is 9.06. The molecule has 0 bridgehead atoms. The number of rotatable bonds is 5. The maximum absolute atomic E-state index is 13.3. The quantitative estimate of drug-likeness (QED) is 0.544. The number of hydrogen-bond acceptors (Lipinski definition) is 5. The Bertz CT molecular complexity index is 1130. The first kappa shape index (κ1) is 22.5. The van der Waals surface area contributed by atoms with Gasteiger partial charge in [-0.1, -0.05) is 48.5 Å². The number of carbonyl (C=O) groups is 1. The lowest BCUT2D eigenvalue weighted by Crippen LogP contribution is -2.47. The molecule has 0 saturated heterocycles. The van der Waals surface area contributed by atoms with Crippen molar-refractivity contribution in [1.29, 1.82) is 0 Å². The van der Waals surface area contributed by atoms with Crippen LogP contribution in [0.15, 0.2) is 22.7 Å². The summed E-state index contributed by atoms with van der Waals surface area (Å²) in [5, 5.41) is 12.8. The van der Waals surface area contributed by atoms with E-state index in [4.69, 9.17) is 16.1 Å². The largest absolute Gasteiger partial charge is 0.343 e. The summed E-state index contributed by atoms with van der Waals surface area (Å²) in [4.78, 5) is 17.8. The summed E-state index contributed by atoms with van der Waals surface area (Å²) < 4.78 is 7.11. The minimum Gasteiger partial charge on any atom is -0.343 e. The Morgan fingerprint density at radius 3 is 2.50 bits per heavy atom. The molecule has 2 aromatic heterocycles. The van der Waals surface area contributed by atoms with Gasteiger partial charge in [-0.3, -0.25) is 4.79 Å². The summed E-state index contributed by atoms with van der Waals surface area (Å²) in [6.07, 6.45) is 6.23. The van der Waals surface area contributed by atoms with E-state index >= 15 is 0 Å². The molecule has 3 aromatic rings. The molecule has 1 amide bonds. The van der Waals surface area contributed by atoms with Gasteiger partial charge in [-0.15, -0.1) is 0 Å². The van der Waals surface area contributed by atoms with Crippen LogP contribution in [0.4, 0.5) is 0 Å². The maximum Gasteiger partial charge on any atom is 0.225 e. The molecular weight excluding hydrogens is 426 g/mol. The molecule has 1 N–H and O–H groups in total. The Labute approximate surface area is 193 Å². The van der Waals surface area contributed by atoms with Gasteiger partial charge in [-0.05, 0) is 51.3 Å². The summed E-state index contributed by atoms with van der Waals surface area (Å²) in [6.45, 7) is 7.67. The number of aryl methyl sites for hydroxylation is 3. The molecule has 0 unspecified atom stereocenters. The van der Waals surface area contributed by atoms with E-state index in [1.165, 1.54) is 0 Å². The first-order valence-corrected chi connectivity index (χ1v) is 11.6. The standard InChI is InChI=1S/C24H30ClN5O2/c1-15-9-10-19(13-21(15)25)30-17(3)20(16(2)28-30)14-22(31)27-24(11-7-5-6-8-12-24)23-26-18(4)32-29-23/h9-10,13H,5-8,11-12,14H2,1-4H3,(H,27,31). The number of amides is 1. The molecule has 1 aliphatic rings. The van der Waals surface area contributed by atoms with Crippen LogP contribution in [0.25, 0.3) is 5.69 Å². The van der Waals surface area contributed by atoms with E-state index in [2.05, 4.69) is 20.6 Å². The third-order valence-electron chi connectivity index (χ3n) is 6.47. The SMILES string of the molecule is Cc1nc(C2(NC(=O)Cc3c(C)nn(-c4ccc(C)c(Cl)c4)c3C)CCCCCC2)no1. The predicted octanol–water partition coefficient (Wildman–Crippen LogP) is 5.05. The minimum atomic E-state index is -0.576. The third kappa shape index (κ3) is 4.44. The molecule has 1 aliphatic carbocycles. The third-order valence-corrected chi connectivity index (χ3v) is 6.88. The summed E-state index contributed by atoms with van der Waals surface area (Å²) in [5.41, 5.74) is 4.01. The smallest absolute Gasteiger partial charge is 0.225 e. The lowest BCUT2D eigenvalue weighted by molar-refractivity contribution is -0.122. The first-order chi connectivity index (χ1) is 15.3. The monoisotopic (exact) mass is 455 g/mol. The topological polar surface area (TPSA) is 85.8 Å². The molecule has 2 heterocycles. The van der Waals surface area contributed by atoms with Crippen molar-refractivity contribution >= 4 is 17.5 Å². The van der Waals surface area contributed by atoms with Crippen molar-refractivity contribution in [2.45, 2.75) is 78.2 Å². The van der Waals surface area contributed by atoms with Crippen LogP contribution in [0, 0.1) is 27.7 Å². The maximum atomic E-state index is 13.3. The molecular formula is C24H30ClN5O2. The highest BCUT2D eigenvalue weighted by atomic mass is 35.5. The van der Waals surface area contributed by atoms with Gasteiger partial charge >= 0.3 is 0 Å². The summed E-state index contributed by atoms with van der Waals surface area (Å²) in [6, 6.07) is 5.87. The highest BCUT2D eigenvalue weighted by molar-refractivity contribution is 6.31. The van der Waals surface area contributed by atoms with E-state index in [0.717, 1.165) is 66.7 Å². The molecule has 1 aromatic carbocycles. The molecule has 0 spiro atoms. The highest BCUT2D eigenvalue weighted by Gasteiger charge is 2.39. The lowest BCUT2D eigenvalue weighted by atomic mass is 9.88. The second-order valence-corrected chi connectivity index (χ2v) is 9.26. The minimum absolute atomic E-state index is 0.0537. The molecule has 1 fully saturated rings. The zero-order chi connectivity index (χ0) is 22.9. The highest BCUT2D eigenvalue weighted by Crippen LogP contribution is 2.35. The van der Waals surface area contributed by atoms with Crippen molar-refractivity contribution in [2.24, 2.45) is 0 Å². The van der Waals surface area contributed by atoms with Gasteiger partial charge in [0.1, 0.15) is 5.54 Å². The summed E-state index contributed by atoms with van der Waals surface area (Å²) in [5.74, 6) is 1.05. The molecule has 7 nitrogen and oxygen atoms in total. The average molecular weight is 456 g/mol. The Morgan fingerprint density at radius 2 is 1.88 bits per heavy atom. The molecule has 4 rings (SSSR count). The van der Waals surface area contributed by atoms with Crippen molar-refractivity contribution in [2.75, 3.05) is 0 Å². The number of nitrogens with one attached hydrogen (secondary N) is 1. The Hall–Kier alpha value is -2.67. The van der Waals surface area contributed by atoms with E-state index < -0.39 is 5.54 Å². The number of nitrogens with zero attached hydrogens (tertiary/aromatic N) is 4. The van der Waals surface area contributed by atoms with Gasteiger partial charge in [0.25, 0.3) is 0 Å². The van der Waals surface area contributed by atoms with E-state index in [-0.39, 0.29) is 12.3 Å². The van der Waals surface area contributed by atoms with Crippen molar-refractivity contribution < 1.29 is 9.32 Å². The van der Waals surface area contributed by atoms with Crippen LogP contribution in [0.3, 0.4) is 0 Å². The number of aromatic nitrogens is 4. The molecule has 8 heteroatoms. The van der Waals surface area contributed by atoms with Gasteiger partial charge in [-0.2, -0.15) is 10.1 Å². The van der Waals surface area contributed by atoms with Gasteiger partial charge in [-0.25, -0.2) is 4.68 Å². The normalized spacial score (nSPS) is 16.0. The van der Waals surface area contributed by atoms with Crippen molar-refractivity contribution in [3.05, 3.63) is 57.5 Å². The van der Waals surface area contributed by atoms with Crippen LogP contribution < -0.4 is 5.32 Å². The van der Waals surface area contributed by atoms with Crippen LogP contribution in [0.1, 0.15) is 72.8 Å². The van der Waals surface area contributed by atoms with Crippen LogP contribution in [0.5, 0.6) is 0 Å². The fourth-order valence-corrected chi connectivity index (χ4v) is 4.77. The lowest BCUT2D eigenvalue weighted by Gasteiger charge is -2.30. The molecule has 0 radical (unpaired) electrons. The van der Waals surface area contributed by atoms with E-state index in [1.807, 2.05) is 43.7 Å². The summed E-state index contributed by atoms with van der Waals surface area (Å²) >= 11 is 6.32. The number of halogens is 1. The van der Waals surface area contributed by atoms with E-state index in [0.29, 0.717) is 16.7 Å². The van der Waals surface area contributed by atoms with Gasteiger partial charge in [0.2, 0.25) is 11.8 Å². The van der Waals surface area contributed by atoms with Gasteiger partial charge < -0.3 is 9.84 Å². The van der Waals surface area contributed by atoms with Gasteiger partial charge in [0.05, 0.1) is 17.8 Å². The van der Waals surface area contributed by atoms with Crippen LogP contribution in [-0.4, -0.2) is 25.8 Å². The number of carbonyl (C=O) groups excluding carboxylic acids is 1. The first-order valence-electron chi connectivity index (χ1n) is 11.2. The predicted molar refractivity (Wildman–Crippen MR) is 123 cm³/mol. The van der Waals surface area contributed by atoms with Crippen molar-refractivity contribution in [3.63, 3.8) is 0 Å². The van der Waals surface area contributed by atoms with Crippen LogP contribution in [-0.2, 0) is 16.8 Å². The fourth-order valence-electron chi connectivity index (χ4n) is 4.60. The second-order valence-electron chi connectivity index (χ2n) is 8.85. The molecule has 32 heavy (non-hydrogen) atoms. The number of hydrogen-bond donors (Lipinski definition) is 1. The van der Waals surface area contributed by atoms with Gasteiger partial charge in [0, 0.05) is 23.2 Å². The van der Waals surface area contributed by atoms with E-state index in [1.54, 1.807) is 6.92 Å². The Kier molecular flexibility index (Phi) is 6.38. The van der Waals surface area contributed by atoms with E-state index in [9.17, 15) is 4.79 Å². The molecule has 0 atom stereocenters. The van der Waals surface area contributed by atoms with Crippen molar-refractivity contribution in [1.82, 2.24) is 25.2 Å². The van der Waals surface area contributed by atoms with Crippen LogP contribution in [0.2, 0.25) is 5.02 Å². The zero-order valence-corrected chi connectivity index (χ0v) is 19.9. The Balaban J connectivity index is 1.59. The fraction of sp³-hybridized carbons (Fsp3) is 0.500. The summed E-state index contributed by atoms with van der Waals surface area (Å²) in [7, 11) is 0. The average Bonchev–Trinajstić information content (AvgIpc) is 3.21. The molecule has 1 saturated carbocycles. The van der Waals surface area contributed by atoms with Gasteiger partial charge in [0.15, 0.2) is 5.82 Å².